The number of amides is 1. The second kappa shape index (κ2) is 7.79. The number of rotatable bonds is 7. The Balaban J connectivity index is 2.53. The van der Waals surface area contributed by atoms with Crippen LogP contribution in [0.4, 0.5) is 5.69 Å². The summed E-state index contributed by atoms with van der Waals surface area (Å²) in [6.45, 7) is 7.29. The molecule has 0 radical (unpaired) electrons. The summed E-state index contributed by atoms with van der Waals surface area (Å²) in [7, 11) is 1.67. The van der Waals surface area contributed by atoms with E-state index in [-0.39, 0.29) is 11.9 Å². The maximum atomic E-state index is 11.9. The summed E-state index contributed by atoms with van der Waals surface area (Å²) in [5, 5.41) is 6.11. The molecule has 4 heteroatoms. The second-order valence-electron chi connectivity index (χ2n) is 5.14. The molecule has 0 heterocycles. The van der Waals surface area contributed by atoms with Crippen molar-refractivity contribution in [2.75, 3.05) is 19.0 Å². The predicted molar refractivity (Wildman–Crippen MR) is 78.1 cm³/mol. The van der Waals surface area contributed by atoms with Gasteiger partial charge in [-0.25, -0.2) is 0 Å². The molecule has 0 bridgehead atoms. The van der Waals surface area contributed by atoms with Crippen LogP contribution in [0, 0.1) is 5.92 Å². The Bertz CT molecular complexity index is 405. The molecular formula is C15H24N2O2. The number of anilines is 1. The van der Waals surface area contributed by atoms with Crippen molar-refractivity contribution in [2.45, 2.75) is 33.4 Å². The number of hydrogen-bond donors (Lipinski definition) is 2. The third-order valence-corrected chi connectivity index (χ3v) is 2.70. The lowest BCUT2D eigenvalue weighted by atomic mass is 10.2. The smallest absolute Gasteiger partial charge is 0.242 e. The number of benzene rings is 1. The van der Waals surface area contributed by atoms with Crippen molar-refractivity contribution in [1.29, 1.82) is 0 Å². The highest BCUT2D eigenvalue weighted by atomic mass is 16.5. The number of nitrogens with one attached hydrogen (secondary N) is 2. The average molecular weight is 264 g/mol. The standard InChI is InChI=1S/C15H24N2O2/c1-11(2)9-16-15(18)12(3)17-14-7-5-6-13(8-14)10-19-4/h5-8,11-12,17H,9-10H2,1-4H3,(H,16,18). The van der Waals surface area contributed by atoms with E-state index in [1.165, 1.54) is 0 Å². The first-order chi connectivity index (χ1) is 9.02. The van der Waals surface area contributed by atoms with E-state index in [1.807, 2.05) is 31.2 Å². The number of carbonyl (C=O) groups is 1. The normalized spacial score (nSPS) is 12.3. The summed E-state index contributed by atoms with van der Waals surface area (Å²) in [6, 6.07) is 7.64. The van der Waals surface area contributed by atoms with Crippen LogP contribution in [0.3, 0.4) is 0 Å². The van der Waals surface area contributed by atoms with Gasteiger partial charge >= 0.3 is 0 Å². The molecule has 0 aliphatic heterocycles. The van der Waals surface area contributed by atoms with Gasteiger partial charge in [0.1, 0.15) is 6.04 Å². The molecule has 0 saturated heterocycles. The van der Waals surface area contributed by atoms with E-state index in [4.69, 9.17) is 4.74 Å². The lowest BCUT2D eigenvalue weighted by Gasteiger charge is -2.16. The average Bonchev–Trinajstić information content (AvgIpc) is 2.36. The zero-order valence-corrected chi connectivity index (χ0v) is 12.2. The summed E-state index contributed by atoms with van der Waals surface area (Å²) in [5.41, 5.74) is 2.02. The van der Waals surface area contributed by atoms with Crippen LogP contribution in [-0.2, 0) is 16.1 Å². The third-order valence-electron chi connectivity index (χ3n) is 2.70. The van der Waals surface area contributed by atoms with Gasteiger partial charge in [0.15, 0.2) is 0 Å². The highest BCUT2D eigenvalue weighted by Crippen LogP contribution is 2.12. The molecule has 0 aromatic heterocycles. The van der Waals surface area contributed by atoms with Gasteiger partial charge in [0.2, 0.25) is 5.91 Å². The van der Waals surface area contributed by atoms with Gasteiger partial charge in [-0.15, -0.1) is 0 Å². The minimum atomic E-state index is -0.253. The number of carbonyl (C=O) groups excluding carboxylic acids is 1. The van der Waals surface area contributed by atoms with Gasteiger partial charge in [0.05, 0.1) is 6.61 Å². The van der Waals surface area contributed by atoms with Crippen molar-refractivity contribution in [3.8, 4) is 0 Å². The Kier molecular flexibility index (Phi) is 6.36. The molecule has 1 aromatic rings. The highest BCUT2D eigenvalue weighted by Gasteiger charge is 2.12. The van der Waals surface area contributed by atoms with Crippen LogP contribution in [0.2, 0.25) is 0 Å². The molecule has 1 amide bonds. The van der Waals surface area contributed by atoms with Crippen LogP contribution in [-0.4, -0.2) is 25.6 Å². The summed E-state index contributed by atoms with van der Waals surface area (Å²) in [4.78, 5) is 11.9. The zero-order valence-electron chi connectivity index (χ0n) is 12.2. The molecule has 1 aromatic carbocycles. The molecular weight excluding hydrogens is 240 g/mol. The van der Waals surface area contributed by atoms with E-state index in [0.29, 0.717) is 19.1 Å². The SMILES string of the molecule is COCc1cccc(NC(C)C(=O)NCC(C)C)c1. The first-order valence-electron chi connectivity index (χ1n) is 6.65. The minimum Gasteiger partial charge on any atom is -0.380 e. The van der Waals surface area contributed by atoms with Crippen molar-refractivity contribution in [1.82, 2.24) is 5.32 Å². The topological polar surface area (TPSA) is 50.4 Å². The molecule has 1 unspecified atom stereocenters. The minimum absolute atomic E-state index is 0.0193. The Morgan fingerprint density at radius 2 is 2.05 bits per heavy atom. The monoisotopic (exact) mass is 264 g/mol. The lowest BCUT2D eigenvalue weighted by molar-refractivity contribution is -0.121. The van der Waals surface area contributed by atoms with E-state index in [1.54, 1.807) is 7.11 Å². The van der Waals surface area contributed by atoms with Crippen LogP contribution < -0.4 is 10.6 Å². The van der Waals surface area contributed by atoms with Gasteiger partial charge in [0.25, 0.3) is 0 Å². The highest BCUT2D eigenvalue weighted by molar-refractivity contribution is 5.84. The van der Waals surface area contributed by atoms with Crippen molar-refractivity contribution < 1.29 is 9.53 Å². The fourth-order valence-corrected chi connectivity index (χ4v) is 1.69. The molecule has 1 atom stereocenters. The molecule has 0 spiro atoms. The molecule has 0 saturated carbocycles. The molecule has 0 aliphatic carbocycles. The van der Waals surface area contributed by atoms with E-state index >= 15 is 0 Å². The van der Waals surface area contributed by atoms with E-state index < -0.39 is 0 Å². The van der Waals surface area contributed by atoms with Crippen molar-refractivity contribution >= 4 is 11.6 Å². The Morgan fingerprint density at radius 1 is 1.32 bits per heavy atom. The van der Waals surface area contributed by atoms with Gasteiger partial charge in [-0.05, 0) is 30.5 Å². The largest absolute Gasteiger partial charge is 0.380 e. The van der Waals surface area contributed by atoms with Crippen LogP contribution in [0.25, 0.3) is 0 Å². The number of hydrogen-bond acceptors (Lipinski definition) is 3. The molecule has 19 heavy (non-hydrogen) atoms. The van der Waals surface area contributed by atoms with Crippen LogP contribution in [0.5, 0.6) is 0 Å². The summed E-state index contributed by atoms with van der Waals surface area (Å²) < 4.78 is 5.09. The summed E-state index contributed by atoms with van der Waals surface area (Å²) in [6.07, 6.45) is 0. The molecule has 106 valence electrons. The Morgan fingerprint density at radius 3 is 2.68 bits per heavy atom. The van der Waals surface area contributed by atoms with E-state index in [2.05, 4.69) is 24.5 Å². The van der Waals surface area contributed by atoms with Gasteiger partial charge < -0.3 is 15.4 Å². The fourth-order valence-electron chi connectivity index (χ4n) is 1.69. The zero-order chi connectivity index (χ0) is 14.3. The Labute approximate surface area is 115 Å². The summed E-state index contributed by atoms with van der Waals surface area (Å²) >= 11 is 0. The maximum absolute atomic E-state index is 11.9. The molecule has 1 rings (SSSR count). The Hall–Kier alpha value is -1.55. The van der Waals surface area contributed by atoms with Crippen molar-refractivity contribution in [2.24, 2.45) is 5.92 Å². The number of ether oxygens (including phenoxy) is 1. The number of methoxy groups -OCH3 is 1. The van der Waals surface area contributed by atoms with Gasteiger partial charge in [-0.3, -0.25) is 4.79 Å². The quantitative estimate of drug-likeness (QED) is 0.795. The van der Waals surface area contributed by atoms with Crippen LogP contribution >= 0.6 is 0 Å². The van der Waals surface area contributed by atoms with Crippen LogP contribution in [0.1, 0.15) is 26.3 Å². The van der Waals surface area contributed by atoms with Crippen molar-refractivity contribution in [3.63, 3.8) is 0 Å². The first kappa shape index (κ1) is 15.5. The lowest BCUT2D eigenvalue weighted by Crippen LogP contribution is -2.39. The fraction of sp³-hybridized carbons (Fsp3) is 0.533. The van der Waals surface area contributed by atoms with Crippen LogP contribution in [0.15, 0.2) is 24.3 Å². The van der Waals surface area contributed by atoms with Gasteiger partial charge in [-0.2, -0.15) is 0 Å². The van der Waals surface area contributed by atoms with Gasteiger partial charge in [-0.1, -0.05) is 26.0 Å². The summed E-state index contributed by atoms with van der Waals surface area (Å²) in [5.74, 6) is 0.479. The first-order valence-corrected chi connectivity index (χ1v) is 6.65. The van der Waals surface area contributed by atoms with E-state index in [0.717, 1.165) is 11.3 Å². The molecule has 0 fully saturated rings. The van der Waals surface area contributed by atoms with Crippen molar-refractivity contribution in [3.05, 3.63) is 29.8 Å². The van der Waals surface area contributed by atoms with E-state index in [9.17, 15) is 4.79 Å². The third kappa shape index (κ3) is 5.75. The molecule has 4 nitrogen and oxygen atoms in total. The second-order valence-corrected chi connectivity index (χ2v) is 5.14. The maximum Gasteiger partial charge on any atom is 0.242 e. The predicted octanol–water partition coefficient (Wildman–Crippen LogP) is 2.41. The molecule has 2 N–H and O–H groups in total. The van der Waals surface area contributed by atoms with Gasteiger partial charge in [0, 0.05) is 19.3 Å². The molecule has 0 aliphatic rings.